The molecule has 116 valence electrons. The molecule has 0 aliphatic carbocycles. The second-order valence-electron chi connectivity index (χ2n) is 4.45. The maximum Gasteiger partial charge on any atom is 0.342 e. The van der Waals surface area contributed by atoms with Crippen molar-refractivity contribution in [2.45, 2.75) is 0 Å². The number of hydrazone groups is 1. The van der Waals surface area contributed by atoms with Crippen LogP contribution in [0.1, 0.15) is 5.56 Å². The molecule has 23 heavy (non-hydrogen) atoms. The molecule has 0 amide bonds. The first-order chi connectivity index (χ1) is 11.1. The third kappa shape index (κ3) is 3.21. The smallest absolute Gasteiger partial charge is 0.342 e. The average Bonchev–Trinajstić information content (AvgIpc) is 3.15. The van der Waals surface area contributed by atoms with Crippen molar-refractivity contribution < 1.29 is 4.92 Å². The molecule has 0 aliphatic heterocycles. The van der Waals surface area contributed by atoms with Gasteiger partial charge in [-0.05, 0) is 10.5 Å². The van der Waals surface area contributed by atoms with Crippen molar-refractivity contribution >= 4 is 28.5 Å². The van der Waals surface area contributed by atoms with E-state index in [2.05, 4.69) is 25.7 Å². The van der Waals surface area contributed by atoms with E-state index in [9.17, 15) is 10.1 Å². The number of imidazole rings is 1. The molecule has 3 rings (SSSR count). The molecule has 0 unspecified atom stereocenters. The lowest BCUT2D eigenvalue weighted by molar-refractivity contribution is -0.391. The monoisotopic (exact) mass is 329 g/mol. The van der Waals surface area contributed by atoms with Crippen molar-refractivity contribution in [2.75, 3.05) is 5.43 Å². The number of nitrogens with one attached hydrogen (secondary N) is 1. The molecule has 3 aromatic rings. The lowest BCUT2D eigenvalue weighted by Gasteiger charge is -1.94. The number of rotatable bonds is 5. The van der Waals surface area contributed by atoms with Gasteiger partial charge in [-0.1, -0.05) is 41.7 Å². The van der Waals surface area contributed by atoms with Crippen LogP contribution in [0.15, 0.2) is 41.6 Å². The summed E-state index contributed by atoms with van der Waals surface area (Å²) in [7, 11) is 1.56. The summed E-state index contributed by atoms with van der Waals surface area (Å²) in [6.45, 7) is 0. The fourth-order valence-electron chi connectivity index (χ4n) is 1.83. The molecule has 2 aromatic heterocycles. The van der Waals surface area contributed by atoms with Crippen LogP contribution in [0.5, 0.6) is 0 Å². The van der Waals surface area contributed by atoms with Gasteiger partial charge in [-0.15, -0.1) is 10.2 Å². The molecular weight excluding hydrogens is 318 g/mol. The van der Waals surface area contributed by atoms with E-state index in [-0.39, 0.29) is 5.82 Å². The second kappa shape index (κ2) is 6.32. The van der Waals surface area contributed by atoms with Crippen molar-refractivity contribution in [1.82, 2.24) is 19.7 Å². The van der Waals surface area contributed by atoms with Crippen LogP contribution >= 0.6 is 11.3 Å². The minimum Gasteiger partial charge on any atom is -0.358 e. The van der Waals surface area contributed by atoms with Crippen LogP contribution in [0.4, 0.5) is 10.9 Å². The Morgan fingerprint density at radius 3 is 2.83 bits per heavy atom. The first kappa shape index (κ1) is 14.8. The number of aromatic nitrogens is 4. The Balaban J connectivity index is 1.73. The molecule has 0 spiro atoms. The van der Waals surface area contributed by atoms with E-state index in [1.807, 2.05) is 30.3 Å². The zero-order chi connectivity index (χ0) is 16.2. The Morgan fingerprint density at radius 2 is 2.13 bits per heavy atom. The zero-order valence-corrected chi connectivity index (χ0v) is 12.8. The van der Waals surface area contributed by atoms with Gasteiger partial charge in [0.05, 0.1) is 13.3 Å². The van der Waals surface area contributed by atoms with Gasteiger partial charge in [0.15, 0.2) is 0 Å². The Bertz CT molecular complexity index is 856. The van der Waals surface area contributed by atoms with E-state index in [0.717, 1.165) is 5.56 Å². The molecule has 0 fully saturated rings. The predicted octanol–water partition coefficient (Wildman–Crippen LogP) is 2.29. The molecule has 9 nitrogen and oxygen atoms in total. The number of benzene rings is 1. The summed E-state index contributed by atoms with van der Waals surface area (Å²) >= 11 is 1.21. The number of anilines is 1. The molecular formula is C13H11N7O2S. The highest BCUT2D eigenvalue weighted by molar-refractivity contribution is 7.18. The first-order valence-electron chi connectivity index (χ1n) is 6.49. The topological polar surface area (TPSA) is 111 Å². The predicted molar refractivity (Wildman–Crippen MR) is 86.4 cm³/mol. The third-order valence-corrected chi connectivity index (χ3v) is 3.76. The number of hydrogen-bond acceptors (Lipinski definition) is 8. The van der Waals surface area contributed by atoms with Crippen molar-refractivity contribution in [3.8, 4) is 10.8 Å². The fraction of sp³-hybridized carbons (Fsp3) is 0.0769. The molecule has 2 heterocycles. The minimum atomic E-state index is -0.499. The average molecular weight is 329 g/mol. The van der Waals surface area contributed by atoms with Crippen LogP contribution in [0.25, 0.3) is 10.8 Å². The minimum absolute atomic E-state index is 0.105. The van der Waals surface area contributed by atoms with Crippen LogP contribution in [0.2, 0.25) is 0 Å². The van der Waals surface area contributed by atoms with Crippen LogP contribution in [0.3, 0.4) is 0 Å². The first-order valence-corrected chi connectivity index (χ1v) is 7.31. The van der Waals surface area contributed by atoms with Gasteiger partial charge < -0.3 is 10.1 Å². The summed E-state index contributed by atoms with van der Waals surface area (Å²) in [5.74, 6) is 0.279. The summed E-state index contributed by atoms with van der Waals surface area (Å²) in [6, 6.07) is 9.60. The molecule has 0 bridgehead atoms. The lowest BCUT2D eigenvalue weighted by atomic mass is 10.2. The highest BCUT2D eigenvalue weighted by atomic mass is 32.1. The highest BCUT2D eigenvalue weighted by Crippen LogP contribution is 2.27. The lowest BCUT2D eigenvalue weighted by Crippen LogP contribution is -1.98. The van der Waals surface area contributed by atoms with E-state index in [0.29, 0.717) is 16.0 Å². The van der Waals surface area contributed by atoms with E-state index in [4.69, 9.17) is 0 Å². The molecule has 1 aromatic carbocycles. The maximum absolute atomic E-state index is 10.8. The van der Waals surface area contributed by atoms with Gasteiger partial charge >= 0.3 is 5.82 Å². The van der Waals surface area contributed by atoms with Gasteiger partial charge in [-0.3, -0.25) is 5.43 Å². The molecule has 0 radical (unpaired) electrons. The fourth-order valence-corrected chi connectivity index (χ4v) is 2.55. The Labute approximate surface area is 134 Å². The van der Waals surface area contributed by atoms with Crippen molar-refractivity contribution in [3.63, 3.8) is 0 Å². The number of nitro groups is 1. The second-order valence-corrected chi connectivity index (χ2v) is 5.43. The largest absolute Gasteiger partial charge is 0.358 e. The van der Waals surface area contributed by atoms with E-state index >= 15 is 0 Å². The standard InChI is InChI=1S/C13H11N7O2S/c1-19-10(20(21)22)8-14-11(19)12-16-18-13(23-12)17-15-7-9-5-3-2-4-6-9/h2-8H,1H3,(H,17,18)/b15-7-. The summed E-state index contributed by atoms with van der Waals surface area (Å²) in [6.07, 6.45) is 2.85. The van der Waals surface area contributed by atoms with Gasteiger partial charge in [0.2, 0.25) is 10.1 Å². The van der Waals surface area contributed by atoms with Crippen molar-refractivity contribution in [3.05, 3.63) is 52.2 Å². The summed E-state index contributed by atoms with van der Waals surface area (Å²) < 4.78 is 1.36. The normalized spacial score (nSPS) is 11.0. The Hall–Kier alpha value is -3.14. The van der Waals surface area contributed by atoms with Gasteiger partial charge in [0.1, 0.15) is 6.20 Å². The molecule has 1 N–H and O–H groups in total. The SMILES string of the molecule is Cn1c([N+](=O)[O-])cnc1-c1nnc(N/N=C\c2ccccc2)s1. The molecule has 0 aliphatic rings. The highest BCUT2D eigenvalue weighted by Gasteiger charge is 2.21. The molecule has 0 saturated carbocycles. The van der Waals surface area contributed by atoms with Crippen molar-refractivity contribution in [2.24, 2.45) is 12.1 Å². The van der Waals surface area contributed by atoms with Crippen LogP contribution in [-0.2, 0) is 7.05 Å². The quantitative estimate of drug-likeness (QED) is 0.437. The maximum atomic E-state index is 10.8. The summed E-state index contributed by atoms with van der Waals surface area (Å²) in [5, 5.41) is 23.8. The number of hydrogen-bond donors (Lipinski definition) is 1. The summed E-state index contributed by atoms with van der Waals surface area (Å²) in [5.41, 5.74) is 3.72. The van der Waals surface area contributed by atoms with Crippen molar-refractivity contribution in [1.29, 1.82) is 0 Å². The molecule has 10 heteroatoms. The van der Waals surface area contributed by atoms with E-state index < -0.39 is 4.92 Å². The van der Waals surface area contributed by atoms with Crippen LogP contribution in [0, 0.1) is 10.1 Å². The van der Waals surface area contributed by atoms with Crippen LogP contribution in [-0.4, -0.2) is 30.9 Å². The molecule has 0 saturated heterocycles. The van der Waals surface area contributed by atoms with Gasteiger partial charge in [-0.25, -0.2) is 9.55 Å². The van der Waals surface area contributed by atoms with Gasteiger partial charge in [0, 0.05) is 0 Å². The van der Waals surface area contributed by atoms with E-state index in [1.54, 1.807) is 13.3 Å². The number of nitrogens with zero attached hydrogens (tertiary/aromatic N) is 6. The molecule has 0 atom stereocenters. The Kier molecular flexibility index (Phi) is 4.06. The third-order valence-electron chi connectivity index (χ3n) is 2.94. The zero-order valence-electron chi connectivity index (χ0n) is 11.9. The summed E-state index contributed by atoms with van der Waals surface area (Å²) in [4.78, 5) is 14.3. The Morgan fingerprint density at radius 1 is 1.35 bits per heavy atom. The van der Waals surface area contributed by atoms with E-state index in [1.165, 1.54) is 22.1 Å². The van der Waals surface area contributed by atoms with Gasteiger partial charge in [0.25, 0.3) is 5.82 Å². The van der Waals surface area contributed by atoms with Crippen LogP contribution < -0.4 is 5.43 Å². The van der Waals surface area contributed by atoms with Gasteiger partial charge in [-0.2, -0.15) is 5.10 Å².